The van der Waals surface area contributed by atoms with Crippen LogP contribution in [-0.2, 0) is 27.8 Å². The van der Waals surface area contributed by atoms with Gasteiger partial charge in [0.1, 0.15) is 0 Å². The van der Waals surface area contributed by atoms with Crippen LogP contribution in [0.5, 0.6) is 0 Å². The van der Waals surface area contributed by atoms with E-state index >= 15 is 0 Å². The summed E-state index contributed by atoms with van der Waals surface area (Å²) in [4.78, 5) is 19.7. The predicted molar refractivity (Wildman–Crippen MR) is 156 cm³/mol. The number of carbonyl (C=O) groups is 1. The molecule has 1 aromatic heterocycles. The average Bonchev–Trinajstić information content (AvgIpc) is 3.34. The molecule has 210 valence electrons. The molecule has 0 bridgehead atoms. The van der Waals surface area contributed by atoms with Gasteiger partial charge in [-0.05, 0) is 56.0 Å². The maximum absolute atomic E-state index is 13.3. The Morgan fingerprint density at radius 2 is 1.68 bits per heavy atom. The Morgan fingerprint density at radius 1 is 0.950 bits per heavy atom. The number of nitrogens with zero attached hydrogens (tertiary/aromatic N) is 3. The number of carbonyl (C=O) groups excluding carboxylic acids is 1. The van der Waals surface area contributed by atoms with Gasteiger partial charge in [0, 0.05) is 36.7 Å². The number of rotatable bonds is 10. The van der Waals surface area contributed by atoms with Crippen LogP contribution in [0.4, 0.5) is 0 Å². The molecule has 0 aliphatic rings. The summed E-state index contributed by atoms with van der Waals surface area (Å²) in [6.45, 7) is 10.3. The molecule has 1 N–H and O–H groups in total. The summed E-state index contributed by atoms with van der Waals surface area (Å²) in [5.74, 6) is 1.05. The number of benzene rings is 3. The minimum absolute atomic E-state index is 0.0211. The van der Waals surface area contributed by atoms with E-state index in [1.165, 1.54) is 0 Å². The Balaban J connectivity index is 1.50. The summed E-state index contributed by atoms with van der Waals surface area (Å²) in [5.41, 5.74) is 3.46. The molecule has 0 atom stereocenters. The van der Waals surface area contributed by atoms with Crippen LogP contribution in [0.15, 0.2) is 82.2 Å². The van der Waals surface area contributed by atoms with E-state index in [4.69, 9.17) is 4.52 Å². The van der Waals surface area contributed by atoms with Crippen LogP contribution < -0.4 is 4.72 Å². The Hall–Kier alpha value is -3.82. The van der Waals surface area contributed by atoms with Crippen LogP contribution in [-0.4, -0.2) is 41.4 Å². The van der Waals surface area contributed by atoms with Crippen molar-refractivity contribution in [1.82, 2.24) is 19.8 Å². The van der Waals surface area contributed by atoms with E-state index in [2.05, 4.69) is 14.9 Å². The first-order valence-electron chi connectivity index (χ1n) is 13.3. The van der Waals surface area contributed by atoms with Crippen LogP contribution in [0.25, 0.3) is 22.5 Å². The van der Waals surface area contributed by atoms with Gasteiger partial charge in [0.25, 0.3) is 0 Å². The standard InChI is InChI=1S/C31H36N4O4S/c1-6-18-35(21-24-10-9-11-26(19-24)30-32-22(2)39-33-30)29(36)20-23-14-16-25(17-15-23)27-12-7-8-13-28(27)40(37,38)34-31(3,4)5/h7-17,19,34H,6,18,20-21H2,1-5H3. The van der Waals surface area contributed by atoms with Gasteiger partial charge in [-0.3, -0.25) is 4.79 Å². The molecule has 0 radical (unpaired) electrons. The fourth-order valence-corrected chi connectivity index (χ4v) is 6.14. The predicted octanol–water partition coefficient (Wildman–Crippen LogP) is 5.77. The van der Waals surface area contributed by atoms with E-state index in [0.717, 1.165) is 28.7 Å². The van der Waals surface area contributed by atoms with Gasteiger partial charge < -0.3 is 9.42 Å². The molecule has 0 spiro atoms. The first-order chi connectivity index (χ1) is 18.9. The van der Waals surface area contributed by atoms with Crippen LogP contribution in [0.1, 0.15) is 51.1 Å². The van der Waals surface area contributed by atoms with Crippen molar-refractivity contribution in [2.24, 2.45) is 0 Å². The van der Waals surface area contributed by atoms with Crippen LogP contribution in [0.3, 0.4) is 0 Å². The highest BCUT2D eigenvalue weighted by Crippen LogP contribution is 2.28. The molecule has 0 saturated heterocycles. The van der Waals surface area contributed by atoms with E-state index in [9.17, 15) is 13.2 Å². The second kappa shape index (κ2) is 12.1. The maximum atomic E-state index is 13.3. The second-order valence-corrected chi connectivity index (χ2v) is 12.5. The van der Waals surface area contributed by atoms with Crippen molar-refractivity contribution in [2.45, 2.75) is 64.4 Å². The normalized spacial score (nSPS) is 11.9. The smallest absolute Gasteiger partial charge is 0.241 e. The molecule has 3 aromatic carbocycles. The minimum Gasteiger partial charge on any atom is -0.339 e. The summed E-state index contributed by atoms with van der Waals surface area (Å²) in [5, 5.41) is 3.99. The van der Waals surface area contributed by atoms with Gasteiger partial charge in [-0.1, -0.05) is 72.7 Å². The van der Waals surface area contributed by atoms with Crippen molar-refractivity contribution < 1.29 is 17.7 Å². The lowest BCUT2D eigenvalue weighted by Gasteiger charge is -2.23. The van der Waals surface area contributed by atoms with Gasteiger partial charge in [0.15, 0.2) is 0 Å². The number of nitrogens with one attached hydrogen (secondary N) is 1. The van der Waals surface area contributed by atoms with Crippen molar-refractivity contribution in [3.05, 3.63) is 89.8 Å². The third-order valence-corrected chi connectivity index (χ3v) is 7.99. The average molecular weight is 561 g/mol. The third kappa shape index (κ3) is 7.43. The van der Waals surface area contributed by atoms with Crippen LogP contribution in [0.2, 0.25) is 0 Å². The van der Waals surface area contributed by atoms with Gasteiger partial charge in [0.05, 0.1) is 11.3 Å². The van der Waals surface area contributed by atoms with Crippen LogP contribution >= 0.6 is 0 Å². The van der Waals surface area contributed by atoms with Crippen molar-refractivity contribution in [1.29, 1.82) is 0 Å². The topological polar surface area (TPSA) is 105 Å². The Kier molecular flexibility index (Phi) is 8.85. The first kappa shape index (κ1) is 29.2. The number of sulfonamides is 1. The molecule has 4 rings (SSSR count). The lowest BCUT2D eigenvalue weighted by molar-refractivity contribution is -0.131. The largest absolute Gasteiger partial charge is 0.339 e. The van der Waals surface area contributed by atoms with E-state index in [-0.39, 0.29) is 17.2 Å². The summed E-state index contributed by atoms with van der Waals surface area (Å²) >= 11 is 0. The molecule has 1 amide bonds. The molecule has 0 fully saturated rings. The van der Waals surface area contributed by atoms with Gasteiger partial charge >= 0.3 is 0 Å². The highest BCUT2D eigenvalue weighted by atomic mass is 32.2. The minimum atomic E-state index is -3.72. The van der Waals surface area contributed by atoms with E-state index in [1.807, 2.05) is 87.2 Å². The van der Waals surface area contributed by atoms with E-state index in [0.29, 0.717) is 30.4 Å². The number of hydrogen-bond acceptors (Lipinski definition) is 6. The summed E-state index contributed by atoms with van der Waals surface area (Å²) in [6, 6.07) is 22.3. The molecule has 40 heavy (non-hydrogen) atoms. The summed E-state index contributed by atoms with van der Waals surface area (Å²) in [7, 11) is -3.72. The Morgan fingerprint density at radius 3 is 2.33 bits per heavy atom. The molecule has 0 unspecified atom stereocenters. The highest BCUT2D eigenvalue weighted by molar-refractivity contribution is 7.89. The monoisotopic (exact) mass is 560 g/mol. The maximum Gasteiger partial charge on any atom is 0.241 e. The van der Waals surface area contributed by atoms with Gasteiger partial charge in [-0.25, -0.2) is 13.1 Å². The highest BCUT2D eigenvalue weighted by Gasteiger charge is 2.25. The first-order valence-corrected chi connectivity index (χ1v) is 14.8. The van der Waals surface area contributed by atoms with Gasteiger partial charge in [-0.2, -0.15) is 4.98 Å². The molecular formula is C31H36N4O4S. The van der Waals surface area contributed by atoms with E-state index < -0.39 is 15.6 Å². The lowest BCUT2D eigenvalue weighted by Crippen LogP contribution is -2.40. The van der Waals surface area contributed by atoms with Gasteiger partial charge in [0.2, 0.25) is 27.6 Å². The Bertz CT molecular complexity index is 1570. The molecule has 0 aliphatic heterocycles. The molecule has 1 heterocycles. The van der Waals surface area contributed by atoms with Crippen LogP contribution in [0, 0.1) is 6.92 Å². The SMILES string of the molecule is CCCN(Cc1cccc(-c2noc(C)n2)c1)C(=O)Cc1ccc(-c2ccccc2S(=O)(=O)NC(C)(C)C)cc1. The third-order valence-electron chi connectivity index (χ3n) is 6.17. The van der Waals surface area contributed by atoms with E-state index in [1.54, 1.807) is 25.1 Å². The number of aryl methyl sites for hydroxylation is 1. The van der Waals surface area contributed by atoms with Crippen molar-refractivity contribution in [3.8, 4) is 22.5 Å². The zero-order valence-electron chi connectivity index (χ0n) is 23.6. The summed E-state index contributed by atoms with van der Waals surface area (Å²) < 4.78 is 34.0. The van der Waals surface area contributed by atoms with Crippen molar-refractivity contribution in [2.75, 3.05) is 6.54 Å². The van der Waals surface area contributed by atoms with Gasteiger partial charge in [-0.15, -0.1) is 0 Å². The number of amides is 1. The lowest BCUT2D eigenvalue weighted by atomic mass is 10.0. The quantitative estimate of drug-likeness (QED) is 0.264. The molecule has 9 heteroatoms. The molecular weight excluding hydrogens is 524 g/mol. The molecule has 4 aromatic rings. The molecule has 8 nitrogen and oxygen atoms in total. The molecule has 0 aliphatic carbocycles. The van der Waals surface area contributed by atoms with Crippen molar-refractivity contribution in [3.63, 3.8) is 0 Å². The molecule has 0 saturated carbocycles. The second-order valence-electron chi connectivity index (χ2n) is 10.9. The zero-order chi connectivity index (χ0) is 28.9. The Labute approximate surface area is 236 Å². The fourth-order valence-electron chi connectivity index (χ4n) is 4.49. The van der Waals surface area contributed by atoms with Crippen molar-refractivity contribution >= 4 is 15.9 Å². The number of aromatic nitrogens is 2. The fraction of sp³-hybridized carbons (Fsp3) is 0.323. The zero-order valence-corrected chi connectivity index (χ0v) is 24.5. The number of hydrogen-bond donors (Lipinski definition) is 1. The summed E-state index contributed by atoms with van der Waals surface area (Å²) in [6.07, 6.45) is 1.08.